The average Bonchev–Trinajstić information content (AvgIpc) is 2.16. The van der Waals surface area contributed by atoms with Gasteiger partial charge in [-0.1, -0.05) is 13.8 Å². The first-order chi connectivity index (χ1) is 7.20. The molecule has 0 amide bonds. The van der Waals surface area contributed by atoms with Crippen molar-refractivity contribution in [1.82, 2.24) is 10.2 Å². The molecule has 0 aromatic heterocycles. The molecule has 3 nitrogen and oxygen atoms in total. The molecule has 0 aromatic carbocycles. The summed E-state index contributed by atoms with van der Waals surface area (Å²) in [5, 5.41) is 3.48. The minimum absolute atomic E-state index is 0.585. The Balaban J connectivity index is 1.61. The highest BCUT2D eigenvalue weighted by molar-refractivity contribution is 4.90. The third kappa shape index (κ3) is 2.92. The molecular formula is C12H24N2O. The Morgan fingerprint density at radius 2 is 1.93 bits per heavy atom. The number of piperidine rings is 1. The van der Waals surface area contributed by atoms with Crippen LogP contribution in [-0.2, 0) is 4.74 Å². The van der Waals surface area contributed by atoms with Gasteiger partial charge in [0.05, 0.1) is 13.2 Å². The van der Waals surface area contributed by atoms with Crippen molar-refractivity contribution in [2.75, 3.05) is 39.4 Å². The van der Waals surface area contributed by atoms with Crippen molar-refractivity contribution in [3.8, 4) is 0 Å². The number of ether oxygens (including phenoxy) is 1. The van der Waals surface area contributed by atoms with Crippen molar-refractivity contribution in [2.24, 2.45) is 5.41 Å². The molecule has 2 aliphatic heterocycles. The predicted octanol–water partition coefficient (Wildman–Crippen LogP) is 1.10. The lowest BCUT2D eigenvalue weighted by molar-refractivity contribution is -0.139. The Bertz CT molecular complexity index is 192. The van der Waals surface area contributed by atoms with Crippen molar-refractivity contribution in [3.63, 3.8) is 0 Å². The SMILES string of the molecule is CC(C)NCCN1CCC2(CC1)COC2. The second-order valence-electron chi connectivity index (χ2n) is 5.44. The summed E-state index contributed by atoms with van der Waals surface area (Å²) < 4.78 is 5.33. The Labute approximate surface area is 93.2 Å². The van der Waals surface area contributed by atoms with Crippen LogP contribution in [0.3, 0.4) is 0 Å². The molecule has 0 unspecified atom stereocenters. The van der Waals surface area contributed by atoms with Crippen LogP contribution in [0.4, 0.5) is 0 Å². The molecule has 2 rings (SSSR count). The summed E-state index contributed by atoms with van der Waals surface area (Å²) in [6.07, 6.45) is 2.68. The molecule has 15 heavy (non-hydrogen) atoms. The van der Waals surface area contributed by atoms with Gasteiger partial charge < -0.3 is 15.0 Å². The zero-order valence-electron chi connectivity index (χ0n) is 10.1. The highest BCUT2D eigenvalue weighted by Gasteiger charge is 2.40. The van der Waals surface area contributed by atoms with Crippen LogP contribution in [0.2, 0.25) is 0 Å². The molecule has 0 aliphatic carbocycles. The molecule has 2 aliphatic rings. The van der Waals surface area contributed by atoms with Gasteiger partial charge in [-0.25, -0.2) is 0 Å². The van der Waals surface area contributed by atoms with Gasteiger partial charge in [0.1, 0.15) is 0 Å². The van der Waals surface area contributed by atoms with Gasteiger partial charge >= 0.3 is 0 Å². The Kier molecular flexibility index (Phi) is 3.65. The number of rotatable bonds is 4. The molecule has 0 atom stereocenters. The smallest absolute Gasteiger partial charge is 0.0545 e. The van der Waals surface area contributed by atoms with E-state index in [-0.39, 0.29) is 0 Å². The van der Waals surface area contributed by atoms with Crippen LogP contribution < -0.4 is 5.32 Å². The molecule has 0 bridgehead atoms. The highest BCUT2D eigenvalue weighted by Crippen LogP contribution is 2.38. The molecule has 0 saturated carbocycles. The van der Waals surface area contributed by atoms with E-state index in [9.17, 15) is 0 Å². The number of hydrogen-bond acceptors (Lipinski definition) is 3. The van der Waals surface area contributed by atoms with Crippen LogP contribution in [0.15, 0.2) is 0 Å². The predicted molar refractivity (Wildman–Crippen MR) is 62.1 cm³/mol. The maximum absolute atomic E-state index is 5.33. The quantitative estimate of drug-likeness (QED) is 0.755. The molecule has 1 spiro atoms. The Morgan fingerprint density at radius 1 is 1.27 bits per heavy atom. The zero-order chi connectivity index (χ0) is 10.7. The van der Waals surface area contributed by atoms with Gasteiger partial charge in [-0.3, -0.25) is 0 Å². The molecule has 0 radical (unpaired) electrons. The van der Waals surface area contributed by atoms with Crippen LogP contribution in [-0.4, -0.2) is 50.3 Å². The first-order valence-electron chi connectivity index (χ1n) is 6.24. The summed E-state index contributed by atoms with van der Waals surface area (Å²) in [7, 11) is 0. The lowest BCUT2D eigenvalue weighted by atomic mass is 9.77. The Hall–Kier alpha value is -0.120. The normalized spacial score (nSPS) is 25.8. The van der Waals surface area contributed by atoms with Gasteiger partial charge in [0.25, 0.3) is 0 Å². The molecular weight excluding hydrogens is 188 g/mol. The maximum Gasteiger partial charge on any atom is 0.0545 e. The van der Waals surface area contributed by atoms with Crippen molar-refractivity contribution in [2.45, 2.75) is 32.7 Å². The van der Waals surface area contributed by atoms with Crippen molar-refractivity contribution < 1.29 is 4.74 Å². The van der Waals surface area contributed by atoms with E-state index in [1.165, 1.54) is 32.5 Å². The topological polar surface area (TPSA) is 24.5 Å². The molecule has 2 saturated heterocycles. The van der Waals surface area contributed by atoms with Gasteiger partial charge in [0.15, 0.2) is 0 Å². The van der Waals surface area contributed by atoms with E-state index in [1.54, 1.807) is 0 Å². The highest BCUT2D eigenvalue weighted by atomic mass is 16.5. The van der Waals surface area contributed by atoms with E-state index in [1.807, 2.05) is 0 Å². The van der Waals surface area contributed by atoms with E-state index >= 15 is 0 Å². The summed E-state index contributed by atoms with van der Waals surface area (Å²) in [6, 6.07) is 0.612. The first kappa shape index (κ1) is 11.4. The Morgan fingerprint density at radius 3 is 2.40 bits per heavy atom. The molecule has 3 heteroatoms. The van der Waals surface area contributed by atoms with Crippen molar-refractivity contribution in [3.05, 3.63) is 0 Å². The van der Waals surface area contributed by atoms with Gasteiger partial charge in [0, 0.05) is 24.5 Å². The summed E-state index contributed by atoms with van der Waals surface area (Å²) in [6.45, 7) is 11.3. The summed E-state index contributed by atoms with van der Waals surface area (Å²) in [5.74, 6) is 0. The van der Waals surface area contributed by atoms with E-state index in [2.05, 4.69) is 24.1 Å². The maximum atomic E-state index is 5.33. The minimum atomic E-state index is 0.585. The monoisotopic (exact) mass is 212 g/mol. The molecule has 2 heterocycles. The second kappa shape index (κ2) is 4.81. The third-order valence-electron chi connectivity index (χ3n) is 3.71. The van der Waals surface area contributed by atoms with Gasteiger partial charge in [-0.15, -0.1) is 0 Å². The standard InChI is InChI=1S/C12H24N2O/c1-11(2)13-5-8-14-6-3-12(4-7-14)9-15-10-12/h11,13H,3-10H2,1-2H3. The molecule has 88 valence electrons. The largest absolute Gasteiger partial charge is 0.380 e. The molecule has 1 N–H and O–H groups in total. The van der Waals surface area contributed by atoms with Crippen LogP contribution in [0.1, 0.15) is 26.7 Å². The van der Waals surface area contributed by atoms with Crippen LogP contribution in [0.5, 0.6) is 0 Å². The number of nitrogens with zero attached hydrogens (tertiary/aromatic N) is 1. The molecule has 0 aromatic rings. The van der Waals surface area contributed by atoms with E-state index in [4.69, 9.17) is 4.74 Å². The fourth-order valence-electron chi connectivity index (χ4n) is 2.44. The van der Waals surface area contributed by atoms with E-state index in [0.29, 0.717) is 11.5 Å². The summed E-state index contributed by atoms with van der Waals surface area (Å²) in [4.78, 5) is 2.58. The molecule has 2 fully saturated rings. The fourth-order valence-corrected chi connectivity index (χ4v) is 2.44. The number of likely N-dealkylation sites (tertiary alicyclic amines) is 1. The lowest BCUT2D eigenvalue weighted by Gasteiger charge is -2.47. The van der Waals surface area contributed by atoms with Gasteiger partial charge in [0.2, 0.25) is 0 Å². The summed E-state index contributed by atoms with van der Waals surface area (Å²) >= 11 is 0. The number of hydrogen-bond donors (Lipinski definition) is 1. The fraction of sp³-hybridized carbons (Fsp3) is 1.00. The minimum Gasteiger partial charge on any atom is -0.380 e. The first-order valence-corrected chi connectivity index (χ1v) is 6.24. The second-order valence-corrected chi connectivity index (χ2v) is 5.44. The van der Waals surface area contributed by atoms with Crippen LogP contribution in [0.25, 0.3) is 0 Å². The summed E-state index contributed by atoms with van der Waals surface area (Å²) in [5.41, 5.74) is 0.585. The van der Waals surface area contributed by atoms with Crippen molar-refractivity contribution >= 4 is 0 Å². The van der Waals surface area contributed by atoms with E-state index in [0.717, 1.165) is 19.8 Å². The lowest BCUT2D eigenvalue weighted by Crippen LogP contribution is -2.51. The van der Waals surface area contributed by atoms with Gasteiger partial charge in [-0.05, 0) is 25.9 Å². The number of nitrogens with one attached hydrogen (secondary N) is 1. The zero-order valence-corrected chi connectivity index (χ0v) is 10.1. The van der Waals surface area contributed by atoms with E-state index < -0.39 is 0 Å². The van der Waals surface area contributed by atoms with Crippen molar-refractivity contribution in [1.29, 1.82) is 0 Å². The third-order valence-corrected chi connectivity index (χ3v) is 3.71. The van der Waals surface area contributed by atoms with Crippen LogP contribution >= 0.6 is 0 Å². The average molecular weight is 212 g/mol. The van der Waals surface area contributed by atoms with Crippen LogP contribution in [0, 0.1) is 5.41 Å². The van der Waals surface area contributed by atoms with Gasteiger partial charge in [-0.2, -0.15) is 0 Å².